The third-order valence-corrected chi connectivity index (χ3v) is 3.21. The van der Waals surface area contributed by atoms with Crippen LogP contribution in [0.1, 0.15) is 18.0 Å². The molecule has 2 nitrogen and oxygen atoms in total. The third-order valence-electron chi connectivity index (χ3n) is 2.14. The Labute approximate surface area is 91.2 Å². The van der Waals surface area contributed by atoms with Crippen molar-refractivity contribution in [3.63, 3.8) is 0 Å². The maximum Gasteiger partial charge on any atom is 0.148 e. The van der Waals surface area contributed by atoms with E-state index in [1.165, 1.54) is 6.20 Å². The first kappa shape index (κ1) is 9.53. The lowest BCUT2D eigenvalue weighted by atomic mass is 9.99. The van der Waals surface area contributed by atoms with Crippen molar-refractivity contribution >= 4 is 34.8 Å². The fourth-order valence-corrected chi connectivity index (χ4v) is 2.07. The highest BCUT2D eigenvalue weighted by molar-refractivity contribution is 6.43. The number of nitrogens with one attached hydrogen (secondary N) is 1. The van der Waals surface area contributed by atoms with Crippen molar-refractivity contribution in [1.29, 1.82) is 0 Å². The molecule has 1 saturated heterocycles. The topological polar surface area (TPSA) is 24.9 Å². The van der Waals surface area contributed by atoms with E-state index in [0.717, 1.165) is 18.5 Å². The number of hydrogen-bond acceptors (Lipinski definition) is 2. The van der Waals surface area contributed by atoms with Gasteiger partial charge in [-0.3, -0.25) is 0 Å². The average Bonchev–Trinajstić information content (AvgIpc) is 2.02. The lowest BCUT2D eigenvalue weighted by Gasteiger charge is -2.29. The minimum atomic E-state index is 0.237. The van der Waals surface area contributed by atoms with Gasteiger partial charge in [-0.25, -0.2) is 4.98 Å². The smallest absolute Gasteiger partial charge is 0.148 e. The largest absolute Gasteiger partial charge is 0.310 e. The molecule has 0 bridgehead atoms. The Bertz CT molecular complexity index is 336. The highest BCUT2D eigenvalue weighted by atomic mass is 35.5. The molecule has 0 amide bonds. The van der Waals surface area contributed by atoms with Crippen LogP contribution in [0.4, 0.5) is 0 Å². The molecule has 1 atom stereocenters. The van der Waals surface area contributed by atoms with Crippen molar-refractivity contribution in [3.8, 4) is 0 Å². The molecule has 1 fully saturated rings. The highest BCUT2D eigenvalue weighted by Gasteiger charge is 2.25. The summed E-state index contributed by atoms with van der Waals surface area (Å²) in [6.45, 7) is 0.997. The second-order valence-electron chi connectivity index (χ2n) is 2.92. The molecular weight excluding hydrogens is 230 g/mol. The van der Waals surface area contributed by atoms with Crippen molar-refractivity contribution in [2.75, 3.05) is 6.54 Å². The second kappa shape index (κ2) is 3.62. The first-order chi connectivity index (χ1) is 6.20. The number of hydrogen-bond donors (Lipinski definition) is 1. The lowest BCUT2D eigenvalue weighted by Crippen LogP contribution is -2.35. The summed E-state index contributed by atoms with van der Waals surface area (Å²) in [6.07, 6.45) is 2.57. The van der Waals surface area contributed by atoms with Crippen LogP contribution in [0.25, 0.3) is 0 Å². The van der Waals surface area contributed by atoms with E-state index in [2.05, 4.69) is 10.3 Å². The molecule has 0 radical (unpaired) electrons. The summed E-state index contributed by atoms with van der Waals surface area (Å²) < 4.78 is 0. The van der Waals surface area contributed by atoms with E-state index >= 15 is 0 Å². The van der Waals surface area contributed by atoms with Gasteiger partial charge in [0.2, 0.25) is 0 Å². The van der Waals surface area contributed by atoms with Crippen molar-refractivity contribution in [3.05, 3.63) is 27.0 Å². The first-order valence-corrected chi connectivity index (χ1v) is 5.06. The van der Waals surface area contributed by atoms with Gasteiger partial charge in [0.25, 0.3) is 0 Å². The Balaban J connectivity index is 2.46. The molecule has 70 valence electrons. The molecule has 1 aliphatic rings. The van der Waals surface area contributed by atoms with E-state index < -0.39 is 0 Å². The van der Waals surface area contributed by atoms with Gasteiger partial charge in [0.05, 0.1) is 10.0 Å². The molecule has 1 N–H and O–H groups in total. The summed E-state index contributed by atoms with van der Waals surface area (Å²) in [4.78, 5) is 3.85. The van der Waals surface area contributed by atoms with Crippen LogP contribution < -0.4 is 5.32 Å². The molecule has 1 aromatic heterocycles. The summed E-state index contributed by atoms with van der Waals surface area (Å²) in [5.41, 5.74) is 0.870. The molecule has 1 aliphatic heterocycles. The average molecular weight is 238 g/mol. The number of nitrogens with zero attached hydrogens (tertiary/aromatic N) is 1. The van der Waals surface area contributed by atoms with Gasteiger partial charge in [-0.05, 0) is 13.0 Å². The number of rotatable bonds is 1. The number of halogens is 3. The molecule has 0 aliphatic carbocycles. The predicted molar refractivity (Wildman–Crippen MR) is 54.6 cm³/mol. The van der Waals surface area contributed by atoms with Gasteiger partial charge in [-0.15, -0.1) is 0 Å². The van der Waals surface area contributed by atoms with Gasteiger partial charge >= 0.3 is 0 Å². The van der Waals surface area contributed by atoms with Crippen LogP contribution in [-0.2, 0) is 0 Å². The van der Waals surface area contributed by atoms with Crippen LogP contribution in [0, 0.1) is 0 Å². The maximum absolute atomic E-state index is 5.99. The Morgan fingerprint density at radius 1 is 1.38 bits per heavy atom. The maximum atomic E-state index is 5.99. The minimum absolute atomic E-state index is 0.237. The third kappa shape index (κ3) is 1.64. The van der Waals surface area contributed by atoms with Gasteiger partial charge in [0.1, 0.15) is 5.15 Å². The SMILES string of the molecule is Clc1cnc(Cl)c(Cl)c1[C@@H]1CCN1. The molecule has 5 heteroatoms. The summed E-state index contributed by atoms with van der Waals surface area (Å²) in [5.74, 6) is 0. The van der Waals surface area contributed by atoms with Gasteiger partial charge in [0, 0.05) is 17.8 Å². The molecular formula is C8H7Cl3N2. The molecule has 2 heterocycles. The first-order valence-electron chi connectivity index (χ1n) is 3.93. The fraction of sp³-hybridized carbons (Fsp3) is 0.375. The van der Waals surface area contributed by atoms with E-state index in [1.54, 1.807) is 0 Å². The van der Waals surface area contributed by atoms with Crippen molar-refractivity contribution in [2.45, 2.75) is 12.5 Å². The molecule has 1 aromatic rings. The van der Waals surface area contributed by atoms with Crippen LogP contribution in [0.3, 0.4) is 0 Å². The van der Waals surface area contributed by atoms with Crippen molar-refractivity contribution < 1.29 is 0 Å². The number of aromatic nitrogens is 1. The van der Waals surface area contributed by atoms with E-state index in [0.29, 0.717) is 15.2 Å². The quantitative estimate of drug-likeness (QED) is 0.759. The van der Waals surface area contributed by atoms with E-state index in [-0.39, 0.29) is 6.04 Å². The monoisotopic (exact) mass is 236 g/mol. The van der Waals surface area contributed by atoms with Crippen LogP contribution in [-0.4, -0.2) is 11.5 Å². The lowest BCUT2D eigenvalue weighted by molar-refractivity contribution is 0.383. The van der Waals surface area contributed by atoms with Crippen LogP contribution in [0.15, 0.2) is 6.20 Å². The summed E-state index contributed by atoms with van der Waals surface area (Å²) in [5, 5.41) is 4.57. The standard InChI is InChI=1S/C8H7Cl3N2/c9-4-3-13-8(11)7(10)6(4)5-1-2-12-5/h3,5,12H,1-2H2/t5-/m0/s1. The van der Waals surface area contributed by atoms with Gasteiger partial charge in [-0.2, -0.15) is 0 Å². The normalized spacial score (nSPS) is 21.3. The van der Waals surface area contributed by atoms with E-state index in [1.807, 2.05) is 0 Å². The Hall–Kier alpha value is -0.0200. The molecule has 0 unspecified atom stereocenters. The number of pyridine rings is 1. The molecule has 0 saturated carbocycles. The zero-order valence-electron chi connectivity index (χ0n) is 6.65. The zero-order valence-corrected chi connectivity index (χ0v) is 8.92. The van der Waals surface area contributed by atoms with Crippen molar-refractivity contribution in [2.24, 2.45) is 0 Å². The molecule has 0 spiro atoms. The van der Waals surface area contributed by atoms with E-state index in [4.69, 9.17) is 34.8 Å². The van der Waals surface area contributed by atoms with Crippen LogP contribution in [0.5, 0.6) is 0 Å². The van der Waals surface area contributed by atoms with Gasteiger partial charge in [-0.1, -0.05) is 34.8 Å². The van der Waals surface area contributed by atoms with Crippen molar-refractivity contribution in [1.82, 2.24) is 10.3 Å². The van der Waals surface area contributed by atoms with Gasteiger partial charge < -0.3 is 5.32 Å². The zero-order chi connectivity index (χ0) is 9.42. The Morgan fingerprint density at radius 2 is 2.08 bits per heavy atom. The minimum Gasteiger partial charge on any atom is -0.310 e. The Morgan fingerprint density at radius 3 is 2.62 bits per heavy atom. The summed E-state index contributed by atoms with van der Waals surface area (Å²) in [7, 11) is 0. The summed E-state index contributed by atoms with van der Waals surface area (Å²) >= 11 is 17.7. The van der Waals surface area contributed by atoms with Gasteiger partial charge in [0.15, 0.2) is 0 Å². The Kier molecular flexibility index (Phi) is 2.65. The van der Waals surface area contributed by atoms with Crippen LogP contribution >= 0.6 is 34.8 Å². The van der Waals surface area contributed by atoms with E-state index in [9.17, 15) is 0 Å². The summed E-state index contributed by atoms with van der Waals surface area (Å²) in [6, 6.07) is 0.237. The molecule has 13 heavy (non-hydrogen) atoms. The predicted octanol–water partition coefficient (Wildman–Crippen LogP) is 3.08. The van der Waals surface area contributed by atoms with Crippen LogP contribution in [0.2, 0.25) is 15.2 Å². The second-order valence-corrected chi connectivity index (χ2v) is 4.06. The molecule has 0 aromatic carbocycles. The fourth-order valence-electron chi connectivity index (χ4n) is 1.31. The molecule has 2 rings (SSSR count). The highest BCUT2D eigenvalue weighted by Crippen LogP contribution is 2.37.